The largest absolute Gasteiger partial charge is 0.298 e. The minimum Gasteiger partial charge on any atom is -0.298 e. The summed E-state index contributed by atoms with van der Waals surface area (Å²) in [5, 5.41) is 12.2. The molecule has 4 nitrogen and oxygen atoms in total. The number of hydrogen-bond donors (Lipinski definition) is 1. The van der Waals surface area contributed by atoms with E-state index in [4.69, 9.17) is 5.26 Å². The van der Waals surface area contributed by atoms with Crippen molar-refractivity contribution < 1.29 is 4.79 Å². The second-order valence-electron chi connectivity index (χ2n) is 5.42. The first-order valence-corrected chi connectivity index (χ1v) is 9.21. The van der Waals surface area contributed by atoms with E-state index in [0.29, 0.717) is 10.7 Å². The number of benzene rings is 2. The van der Waals surface area contributed by atoms with Gasteiger partial charge in [0.05, 0.1) is 12.5 Å². The minimum atomic E-state index is -0.218. The average molecular weight is 412 g/mol. The highest BCUT2D eigenvalue weighted by molar-refractivity contribution is 9.10. The Hall–Kier alpha value is -2.49. The molecule has 3 rings (SSSR count). The lowest BCUT2D eigenvalue weighted by Crippen LogP contribution is -2.11. The van der Waals surface area contributed by atoms with Crippen molar-refractivity contribution in [1.29, 1.82) is 5.26 Å². The monoisotopic (exact) mass is 411 g/mol. The Kier molecular flexibility index (Phi) is 5.59. The predicted octanol–water partition coefficient (Wildman–Crippen LogP) is 4.81. The van der Waals surface area contributed by atoms with Crippen LogP contribution in [0.1, 0.15) is 26.4 Å². The van der Waals surface area contributed by atoms with Gasteiger partial charge in [0.1, 0.15) is 0 Å². The van der Waals surface area contributed by atoms with Crippen molar-refractivity contribution in [3.8, 4) is 6.07 Å². The zero-order valence-electron chi connectivity index (χ0n) is 13.2. The van der Waals surface area contributed by atoms with Gasteiger partial charge < -0.3 is 0 Å². The number of hydrogen-bond acceptors (Lipinski definition) is 4. The van der Waals surface area contributed by atoms with Gasteiger partial charge in [0.25, 0.3) is 5.91 Å². The van der Waals surface area contributed by atoms with E-state index in [0.717, 1.165) is 21.3 Å². The van der Waals surface area contributed by atoms with Crippen molar-refractivity contribution in [2.24, 2.45) is 0 Å². The lowest BCUT2D eigenvalue weighted by molar-refractivity contribution is 0.102. The average Bonchev–Trinajstić information content (AvgIpc) is 3.04. The van der Waals surface area contributed by atoms with E-state index in [1.807, 2.05) is 18.2 Å². The van der Waals surface area contributed by atoms with Crippen LogP contribution in [-0.2, 0) is 12.8 Å². The maximum absolute atomic E-state index is 12.3. The molecule has 0 aliphatic carbocycles. The summed E-state index contributed by atoms with van der Waals surface area (Å²) < 4.78 is 1.05. The van der Waals surface area contributed by atoms with Crippen LogP contribution in [0.4, 0.5) is 5.13 Å². The molecule has 25 heavy (non-hydrogen) atoms. The lowest BCUT2D eigenvalue weighted by Gasteiger charge is -2.03. The first kappa shape index (κ1) is 17.3. The number of thiazole rings is 1. The Bertz CT molecular complexity index is 928. The van der Waals surface area contributed by atoms with Gasteiger partial charge in [0.2, 0.25) is 0 Å². The van der Waals surface area contributed by atoms with Gasteiger partial charge in [-0.3, -0.25) is 10.1 Å². The molecule has 0 fully saturated rings. The topological polar surface area (TPSA) is 65.8 Å². The molecule has 0 bridgehead atoms. The molecule has 1 aromatic heterocycles. The van der Waals surface area contributed by atoms with Crippen LogP contribution in [0.3, 0.4) is 0 Å². The summed E-state index contributed by atoms with van der Waals surface area (Å²) in [5.41, 5.74) is 2.54. The van der Waals surface area contributed by atoms with E-state index >= 15 is 0 Å². The Morgan fingerprint density at radius 1 is 1.20 bits per heavy atom. The number of nitriles is 1. The Balaban J connectivity index is 1.66. The molecule has 0 radical (unpaired) electrons. The molecule has 1 N–H and O–H groups in total. The van der Waals surface area contributed by atoms with Gasteiger partial charge in [-0.2, -0.15) is 5.26 Å². The van der Waals surface area contributed by atoms with Gasteiger partial charge in [-0.15, -0.1) is 11.3 Å². The van der Waals surface area contributed by atoms with E-state index in [1.165, 1.54) is 16.9 Å². The molecule has 6 heteroatoms. The second kappa shape index (κ2) is 8.06. The molecule has 0 spiro atoms. The molecule has 124 valence electrons. The molecule has 0 saturated heterocycles. The number of anilines is 1. The zero-order valence-corrected chi connectivity index (χ0v) is 15.6. The normalized spacial score (nSPS) is 10.2. The number of carbonyl (C=O) groups is 1. The van der Waals surface area contributed by atoms with Crippen molar-refractivity contribution in [3.05, 3.63) is 80.8 Å². The number of carbonyl (C=O) groups excluding carboxylic acids is 1. The van der Waals surface area contributed by atoms with Crippen LogP contribution in [0.15, 0.2) is 59.2 Å². The highest BCUT2D eigenvalue weighted by Gasteiger charge is 2.10. The van der Waals surface area contributed by atoms with E-state index in [1.54, 1.807) is 24.4 Å². The quantitative estimate of drug-likeness (QED) is 0.654. The molecule has 2 aromatic carbocycles. The Morgan fingerprint density at radius 2 is 2.00 bits per heavy atom. The van der Waals surface area contributed by atoms with Gasteiger partial charge in [-0.25, -0.2) is 4.98 Å². The molecular weight excluding hydrogens is 398 g/mol. The Labute approximate surface area is 158 Å². The molecule has 0 aliphatic rings. The summed E-state index contributed by atoms with van der Waals surface area (Å²) >= 11 is 4.89. The minimum absolute atomic E-state index is 0.218. The molecule has 1 heterocycles. The van der Waals surface area contributed by atoms with Gasteiger partial charge in [-0.1, -0.05) is 40.2 Å². The van der Waals surface area contributed by atoms with Crippen LogP contribution in [0, 0.1) is 11.3 Å². The molecule has 0 unspecified atom stereocenters. The highest BCUT2D eigenvalue weighted by Crippen LogP contribution is 2.22. The second-order valence-corrected chi connectivity index (χ2v) is 7.46. The SMILES string of the molecule is N#CCc1cccc(C(=O)Nc2ncc(Cc3ccc(Br)cc3)s2)c1. The highest BCUT2D eigenvalue weighted by atomic mass is 79.9. The third-order valence-corrected chi connectivity index (χ3v) is 4.98. The van der Waals surface area contributed by atoms with Crippen molar-refractivity contribution in [3.63, 3.8) is 0 Å². The van der Waals surface area contributed by atoms with E-state index in [9.17, 15) is 4.79 Å². The summed E-state index contributed by atoms with van der Waals surface area (Å²) in [4.78, 5) is 17.7. The number of halogens is 1. The third-order valence-electron chi connectivity index (χ3n) is 3.54. The number of amides is 1. The van der Waals surface area contributed by atoms with E-state index < -0.39 is 0 Å². The number of aromatic nitrogens is 1. The van der Waals surface area contributed by atoms with Crippen LogP contribution in [-0.4, -0.2) is 10.9 Å². The summed E-state index contributed by atoms with van der Waals surface area (Å²) in [6.45, 7) is 0. The third kappa shape index (κ3) is 4.75. The van der Waals surface area contributed by atoms with Crippen molar-refractivity contribution in [2.75, 3.05) is 5.32 Å². The van der Waals surface area contributed by atoms with Crippen LogP contribution in [0.2, 0.25) is 0 Å². The van der Waals surface area contributed by atoms with Crippen molar-refractivity contribution >= 4 is 38.3 Å². The van der Waals surface area contributed by atoms with Gasteiger partial charge in [0.15, 0.2) is 5.13 Å². The first-order valence-electron chi connectivity index (χ1n) is 7.60. The number of nitrogens with zero attached hydrogens (tertiary/aromatic N) is 2. The zero-order chi connectivity index (χ0) is 17.6. The first-order chi connectivity index (χ1) is 12.1. The molecule has 3 aromatic rings. The van der Waals surface area contributed by atoms with Crippen LogP contribution < -0.4 is 5.32 Å². The summed E-state index contributed by atoms with van der Waals surface area (Å²) in [6, 6.07) is 17.3. The fourth-order valence-corrected chi connectivity index (χ4v) is 3.44. The summed E-state index contributed by atoms with van der Waals surface area (Å²) in [7, 11) is 0. The molecule has 0 atom stereocenters. The van der Waals surface area contributed by atoms with E-state index in [-0.39, 0.29) is 12.3 Å². The number of nitrogens with one attached hydrogen (secondary N) is 1. The van der Waals surface area contributed by atoms with Crippen molar-refractivity contribution in [2.45, 2.75) is 12.8 Å². The standard InChI is InChI=1S/C19H14BrN3OS/c20-16-6-4-14(5-7-16)11-17-12-22-19(25-17)23-18(24)15-3-1-2-13(10-15)8-9-21/h1-7,10,12H,8,11H2,(H,22,23,24). The maximum Gasteiger partial charge on any atom is 0.257 e. The van der Waals surface area contributed by atoms with Crippen molar-refractivity contribution in [1.82, 2.24) is 4.98 Å². The van der Waals surface area contributed by atoms with E-state index in [2.05, 4.69) is 44.4 Å². The van der Waals surface area contributed by atoms with Gasteiger partial charge >= 0.3 is 0 Å². The molecule has 1 amide bonds. The van der Waals surface area contributed by atoms with Gasteiger partial charge in [0, 0.05) is 27.5 Å². The molecule has 0 aliphatic heterocycles. The lowest BCUT2D eigenvalue weighted by atomic mass is 10.1. The summed E-state index contributed by atoms with van der Waals surface area (Å²) in [5.74, 6) is -0.218. The van der Waals surface area contributed by atoms with Gasteiger partial charge in [-0.05, 0) is 35.4 Å². The van der Waals surface area contributed by atoms with Crippen LogP contribution >= 0.6 is 27.3 Å². The molecular formula is C19H14BrN3OS. The smallest absolute Gasteiger partial charge is 0.257 e. The Morgan fingerprint density at radius 3 is 2.76 bits per heavy atom. The molecule has 0 saturated carbocycles. The predicted molar refractivity (Wildman–Crippen MR) is 103 cm³/mol. The maximum atomic E-state index is 12.3. The fourth-order valence-electron chi connectivity index (χ4n) is 2.33. The fraction of sp³-hybridized carbons (Fsp3) is 0.105. The summed E-state index contributed by atoms with van der Waals surface area (Å²) in [6.07, 6.45) is 2.85. The van der Waals surface area contributed by atoms with Crippen LogP contribution in [0.25, 0.3) is 0 Å². The number of rotatable bonds is 5. The van der Waals surface area contributed by atoms with Crippen LogP contribution in [0.5, 0.6) is 0 Å².